The quantitative estimate of drug-likeness (QED) is 0.240. The van der Waals surface area contributed by atoms with Crippen molar-refractivity contribution in [3.8, 4) is 5.69 Å². The largest absolute Gasteiger partial charge is 0.477 e. The first kappa shape index (κ1) is 31.6. The highest BCUT2D eigenvalue weighted by atomic mass is 19.1. The number of carbonyl (C=O) groups is 2. The number of amides is 1. The summed E-state index contributed by atoms with van der Waals surface area (Å²) in [5, 5.41) is 12.9. The van der Waals surface area contributed by atoms with Crippen LogP contribution in [-0.2, 0) is 4.74 Å². The highest BCUT2D eigenvalue weighted by molar-refractivity contribution is 5.93. The number of aromatic carboxylic acids is 1. The molecule has 13 nitrogen and oxygen atoms in total. The van der Waals surface area contributed by atoms with Crippen LogP contribution in [0.3, 0.4) is 0 Å². The van der Waals surface area contributed by atoms with Crippen LogP contribution in [0.2, 0.25) is 0 Å². The van der Waals surface area contributed by atoms with Crippen molar-refractivity contribution >= 4 is 40.3 Å². The lowest BCUT2D eigenvalue weighted by atomic mass is 10.1. The van der Waals surface area contributed by atoms with Crippen LogP contribution >= 0.6 is 0 Å². The summed E-state index contributed by atoms with van der Waals surface area (Å²) >= 11 is 0. The van der Waals surface area contributed by atoms with Crippen molar-refractivity contribution in [1.82, 2.24) is 14.7 Å². The second-order valence-corrected chi connectivity index (χ2v) is 11.4. The van der Waals surface area contributed by atoms with Gasteiger partial charge in [-0.05, 0) is 36.4 Å². The molecule has 2 aliphatic rings. The number of nitrogens with zero attached hydrogens (tertiary/aromatic N) is 6. The van der Waals surface area contributed by atoms with Crippen LogP contribution in [-0.4, -0.2) is 70.7 Å². The first-order valence-corrected chi connectivity index (χ1v) is 14.9. The molecule has 3 aromatic heterocycles. The van der Waals surface area contributed by atoms with E-state index in [0.717, 1.165) is 29.0 Å². The molecule has 0 aliphatic carbocycles. The molecule has 252 valence electrons. The zero-order valence-electron chi connectivity index (χ0n) is 25.2. The van der Waals surface area contributed by atoms with Crippen LogP contribution in [0.4, 0.5) is 39.5 Å². The molecular formula is C32H25F4N7O6. The molecule has 2 saturated heterocycles. The molecule has 5 heterocycles. The predicted molar refractivity (Wildman–Crippen MR) is 166 cm³/mol. The van der Waals surface area contributed by atoms with E-state index in [4.69, 9.17) is 15.0 Å². The van der Waals surface area contributed by atoms with Crippen LogP contribution in [0.1, 0.15) is 22.1 Å². The Kier molecular flexibility index (Phi) is 7.90. The monoisotopic (exact) mass is 679 g/mol. The molecular weight excluding hydrogens is 654 g/mol. The number of pyridine rings is 2. The van der Waals surface area contributed by atoms with Crippen LogP contribution < -0.4 is 25.9 Å². The van der Waals surface area contributed by atoms with E-state index in [9.17, 15) is 28.3 Å². The lowest BCUT2D eigenvalue weighted by molar-refractivity contribution is 0.0695. The molecule has 3 N–H and O–H groups in total. The summed E-state index contributed by atoms with van der Waals surface area (Å²) in [4.78, 5) is 46.2. The standard InChI is InChI=1S/C32H25F4N7O6/c33-16-1-3-25(20(34)11-16)43-14-19(31(45)46)28(44)18-13-22(36)30(38-29(18)43)41-8-6-40(7-9-41)24-4-2-17(12-21(24)35)42-15-26(49-32(42)47)27(37)23-5-10-48-39-23/h1-5,10-14,26-27H,6-9,15,37H2,(H,45,46)/t26?,27-/m0/s1. The fraction of sp³-hybridized carbons (Fsp3) is 0.219. The second-order valence-electron chi connectivity index (χ2n) is 11.4. The molecule has 2 fully saturated rings. The van der Waals surface area contributed by atoms with Crippen molar-refractivity contribution in [1.29, 1.82) is 0 Å². The number of cyclic esters (lactones) is 1. The van der Waals surface area contributed by atoms with Crippen molar-refractivity contribution in [2.45, 2.75) is 12.1 Å². The lowest BCUT2D eigenvalue weighted by Gasteiger charge is -2.37. The van der Waals surface area contributed by atoms with Gasteiger partial charge in [-0.25, -0.2) is 32.1 Å². The smallest absolute Gasteiger partial charge is 0.414 e. The van der Waals surface area contributed by atoms with Gasteiger partial charge in [0.15, 0.2) is 17.3 Å². The molecule has 17 heteroatoms. The van der Waals surface area contributed by atoms with Gasteiger partial charge in [0.2, 0.25) is 5.43 Å². The van der Waals surface area contributed by atoms with E-state index < -0.39 is 63.9 Å². The fourth-order valence-corrected chi connectivity index (χ4v) is 5.99. The Morgan fingerprint density at radius 3 is 2.31 bits per heavy atom. The molecule has 0 bridgehead atoms. The fourth-order valence-electron chi connectivity index (χ4n) is 5.99. The average Bonchev–Trinajstić information content (AvgIpc) is 3.75. The van der Waals surface area contributed by atoms with E-state index >= 15 is 8.78 Å². The third kappa shape index (κ3) is 5.67. The van der Waals surface area contributed by atoms with Crippen LogP contribution in [0.25, 0.3) is 16.7 Å². The summed E-state index contributed by atoms with van der Waals surface area (Å²) < 4.78 is 70.6. The maximum Gasteiger partial charge on any atom is 0.414 e. The van der Waals surface area contributed by atoms with Crippen LogP contribution in [0.5, 0.6) is 0 Å². The minimum atomic E-state index is -1.62. The molecule has 1 amide bonds. The zero-order valence-corrected chi connectivity index (χ0v) is 25.2. The number of hydrogen-bond donors (Lipinski definition) is 2. The van der Waals surface area contributed by atoms with Crippen molar-refractivity contribution in [2.75, 3.05) is 47.4 Å². The zero-order chi connectivity index (χ0) is 34.6. The van der Waals surface area contributed by atoms with E-state index in [1.807, 2.05) is 0 Å². The summed E-state index contributed by atoms with van der Waals surface area (Å²) in [7, 11) is 0. The van der Waals surface area contributed by atoms with E-state index in [0.29, 0.717) is 11.8 Å². The molecule has 49 heavy (non-hydrogen) atoms. The SMILES string of the molecule is N[C@@H](c1ccon1)C1CN(c2ccc(N3CCN(c4nc5c(cc4F)c(=O)c(C(=O)O)cn5-c4ccc(F)cc4F)CC3)c(F)c2)C(=O)O1. The number of halogens is 4. The summed E-state index contributed by atoms with van der Waals surface area (Å²) in [5.74, 6) is -5.32. The number of fused-ring (bicyclic) bond motifs is 1. The van der Waals surface area contributed by atoms with Crippen molar-refractivity contribution < 1.29 is 41.5 Å². The number of ether oxygens (including phenoxy) is 1. The Hall–Kier alpha value is -5.97. The van der Waals surface area contributed by atoms with E-state index in [-0.39, 0.29) is 61.3 Å². The average molecular weight is 680 g/mol. The number of hydrogen-bond acceptors (Lipinski definition) is 10. The van der Waals surface area contributed by atoms with Crippen molar-refractivity contribution in [3.05, 3.63) is 106 Å². The minimum absolute atomic E-state index is 0.0634. The topological polar surface area (TPSA) is 160 Å². The number of anilines is 3. The van der Waals surface area contributed by atoms with E-state index in [1.165, 1.54) is 23.3 Å². The van der Waals surface area contributed by atoms with E-state index in [2.05, 4.69) is 10.1 Å². The van der Waals surface area contributed by atoms with Gasteiger partial charge in [-0.2, -0.15) is 0 Å². The Labute approximate surface area is 273 Å². The Bertz CT molecular complexity index is 2170. The molecule has 2 atom stereocenters. The lowest BCUT2D eigenvalue weighted by Crippen LogP contribution is -2.47. The highest BCUT2D eigenvalue weighted by Crippen LogP contribution is 2.32. The maximum atomic E-state index is 15.5. The second kappa shape index (κ2) is 12.2. The number of aromatic nitrogens is 3. The molecule has 5 aromatic rings. The first-order chi connectivity index (χ1) is 23.5. The Morgan fingerprint density at radius 1 is 0.918 bits per heavy atom. The number of benzene rings is 2. The van der Waals surface area contributed by atoms with Gasteiger partial charge < -0.3 is 29.9 Å². The maximum absolute atomic E-state index is 15.5. The molecule has 7 rings (SSSR count). The minimum Gasteiger partial charge on any atom is -0.477 e. The first-order valence-electron chi connectivity index (χ1n) is 14.9. The van der Waals surface area contributed by atoms with Crippen molar-refractivity contribution in [3.63, 3.8) is 0 Å². The molecule has 1 unspecified atom stereocenters. The predicted octanol–water partition coefficient (Wildman–Crippen LogP) is 3.98. The van der Waals surface area contributed by atoms with Gasteiger partial charge in [-0.1, -0.05) is 5.16 Å². The number of rotatable bonds is 7. The number of carbonyl (C=O) groups excluding carboxylic acids is 1. The number of carboxylic acids is 1. The van der Waals surface area contributed by atoms with Crippen molar-refractivity contribution in [2.24, 2.45) is 5.73 Å². The van der Waals surface area contributed by atoms with Gasteiger partial charge in [0, 0.05) is 44.5 Å². The van der Waals surface area contributed by atoms with Crippen LogP contribution in [0, 0.1) is 23.3 Å². The van der Waals surface area contributed by atoms with Gasteiger partial charge in [0.25, 0.3) is 0 Å². The van der Waals surface area contributed by atoms with E-state index in [1.54, 1.807) is 21.9 Å². The molecule has 2 aromatic carbocycles. The molecule has 0 radical (unpaired) electrons. The Balaban J connectivity index is 1.12. The third-order valence-electron chi connectivity index (χ3n) is 8.51. The summed E-state index contributed by atoms with van der Waals surface area (Å²) in [6, 6.07) is 8.52. The van der Waals surface area contributed by atoms with Gasteiger partial charge >= 0.3 is 12.1 Å². The number of nitrogens with two attached hydrogens (primary N) is 1. The van der Waals surface area contributed by atoms with Crippen LogP contribution in [0.15, 0.2) is 70.3 Å². The number of carboxylic acid groups (broad SMARTS) is 1. The van der Waals surface area contributed by atoms with Gasteiger partial charge in [0.05, 0.1) is 35.0 Å². The normalized spacial score (nSPS) is 17.1. The Morgan fingerprint density at radius 2 is 1.63 bits per heavy atom. The third-order valence-corrected chi connectivity index (χ3v) is 8.51. The van der Waals surface area contributed by atoms with Gasteiger partial charge in [0.1, 0.15) is 41.1 Å². The summed E-state index contributed by atoms with van der Waals surface area (Å²) in [6.07, 6.45) is 0.777. The van der Waals surface area contributed by atoms with Gasteiger partial charge in [-0.3, -0.25) is 14.3 Å². The summed E-state index contributed by atoms with van der Waals surface area (Å²) in [6.45, 7) is 0.798. The molecule has 0 spiro atoms. The molecule has 2 aliphatic heterocycles. The highest BCUT2D eigenvalue weighted by Gasteiger charge is 2.38. The number of piperazine rings is 1. The molecule has 0 saturated carbocycles. The summed E-state index contributed by atoms with van der Waals surface area (Å²) in [5.41, 5.74) is 4.71. The van der Waals surface area contributed by atoms with Gasteiger partial charge in [-0.15, -0.1) is 0 Å².